The number of aliphatic hydroxyl groups excluding tert-OH is 1. The van der Waals surface area contributed by atoms with Gasteiger partial charge in [-0.2, -0.15) is 0 Å². The summed E-state index contributed by atoms with van der Waals surface area (Å²) in [5, 5.41) is 10.2. The molecule has 1 rings (SSSR count). The minimum absolute atomic E-state index is 0.545. The molecular formula is C12H19NO2. The van der Waals surface area contributed by atoms with E-state index in [1.807, 2.05) is 32.9 Å². The number of pyridine rings is 1. The molecule has 1 N–H and O–H groups in total. The number of hydrogen-bond acceptors (Lipinski definition) is 3. The molecule has 1 aromatic heterocycles. The Bertz CT molecular complexity index is 304. The predicted molar refractivity (Wildman–Crippen MR) is 59.6 cm³/mol. The molecule has 0 aromatic carbocycles. The normalized spacial score (nSPS) is 17.1. The molecule has 0 aliphatic heterocycles. The van der Waals surface area contributed by atoms with Crippen LogP contribution in [0.4, 0.5) is 0 Å². The summed E-state index contributed by atoms with van der Waals surface area (Å²) in [5.41, 5.74) is 1.20. The van der Waals surface area contributed by atoms with E-state index in [0.29, 0.717) is 0 Å². The highest BCUT2D eigenvalue weighted by Gasteiger charge is 2.32. The van der Waals surface area contributed by atoms with Gasteiger partial charge in [0.15, 0.2) is 0 Å². The van der Waals surface area contributed by atoms with E-state index < -0.39 is 11.7 Å². The van der Waals surface area contributed by atoms with E-state index >= 15 is 0 Å². The summed E-state index contributed by atoms with van der Waals surface area (Å²) < 4.78 is 5.36. The standard InChI is InChI=1S/C12H19NO2/c1-5-12(3,15-4)11(14)10-7-6-9(2)13-8-10/h6-8,11,14H,5H2,1-4H3. The van der Waals surface area contributed by atoms with E-state index in [2.05, 4.69) is 4.98 Å². The lowest BCUT2D eigenvalue weighted by Gasteiger charge is -2.32. The highest BCUT2D eigenvalue weighted by atomic mass is 16.5. The Balaban J connectivity index is 2.92. The van der Waals surface area contributed by atoms with E-state index in [1.165, 1.54) is 0 Å². The van der Waals surface area contributed by atoms with Crippen molar-refractivity contribution in [1.29, 1.82) is 0 Å². The first kappa shape index (κ1) is 12.1. The molecule has 3 heteroatoms. The largest absolute Gasteiger partial charge is 0.385 e. The van der Waals surface area contributed by atoms with E-state index in [1.54, 1.807) is 13.3 Å². The van der Waals surface area contributed by atoms with Crippen LogP contribution in [0.25, 0.3) is 0 Å². The van der Waals surface area contributed by atoms with Gasteiger partial charge in [0.25, 0.3) is 0 Å². The number of ether oxygens (including phenoxy) is 1. The molecule has 15 heavy (non-hydrogen) atoms. The van der Waals surface area contributed by atoms with Crippen molar-refractivity contribution in [3.8, 4) is 0 Å². The quantitative estimate of drug-likeness (QED) is 0.827. The van der Waals surface area contributed by atoms with Crippen LogP contribution in [-0.2, 0) is 4.74 Å². The Labute approximate surface area is 91.1 Å². The van der Waals surface area contributed by atoms with Gasteiger partial charge in [-0.3, -0.25) is 4.98 Å². The van der Waals surface area contributed by atoms with Crippen molar-refractivity contribution in [1.82, 2.24) is 4.98 Å². The molecule has 2 atom stereocenters. The van der Waals surface area contributed by atoms with Crippen LogP contribution >= 0.6 is 0 Å². The van der Waals surface area contributed by atoms with Crippen molar-refractivity contribution in [2.24, 2.45) is 0 Å². The predicted octanol–water partition coefficient (Wildman–Crippen LogP) is 2.24. The number of methoxy groups -OCH3 is 1. The van der Waals surface area contributed by atoms with Crippen LogP contribution < -0.4 is 0 Å². The lowest BCUT2D eigenvalue weighted by Crippen LogP contribution is -2.34. The van der Waals surface area contributed by atoms with Gasteiger partial charge in [-0.1, -0.05) is 13.0 Å². The zero-order valence-electron chi connectivity index (χ0n) is 9.82. The van der Waals surface area contributed by atoms with Crippen LogP contribution in [0, 0.1) is 6.92 Å². The summed E-state index contributed by atoms with van der Waals surface area (Å²) >= 11 is 0. The van der Waals surface area contributed by atoms with Gasteiger partial charge in [0.1, 0.15) is 6.10 Å². The van der Waals surface area contributed by atoms with Crippen molar-refractivity contribution >= 4 is 0 Å². The molecule has 2 unspecified atom stereocenters. The fraction of sp³-hybridized carbons (Fsp3) is 0.583. The molecule has 0 saturated carbocycles. The molecule has 0 amide bonds. The lowest BCUT2D eigenvalue weighted by atomic mass is 9.91. The molecule has 0 saturated heterocycles. The maximum Gasteiger partial charge on any atom is 0.109 e. The van der Waals surface area contributed by atoms with Crippen molar-refractivity contribution in [3.63, 3.8) is 0 Å². The van der Waals surface area contributed by atoms with Gasteiger partial charge in [-0.25, -0.2) is 0 Å². The fourth-order valence-corrected chi connectivity index (χ4v) is 1.44. The maximum absolute atomic E-state index is 10.2. The van der Waals surface area contributed by atoms with Crippen molar-refractivity contribution in [3.05, 3.63) is 29.6 Å². The zero-order chi connectivity index (χ0) is 11.5. The molecule has 0 aliphatic carbocycles. The Morgan fingerprint density at radius 3 is 2.60 bits per heavy atom. The van der Waals surface area contributed by atoms with E-state index in [9.17, 15) is 5.11 Å². The van der Waals surface area contributed by atoms with Gasteiger partial charge in [-0.05, 0) is 26.3 Å². The van der Waals surface area contributed by atoms with Crippen LogP contribution in [0.15, 0.2) is 18.3 Å². The zero-order valence-corrected chi connectivity index (χ0v) is 9.82. The number of hydrogen-bond donors (Lipinski definition) is 1. The fourth-order valence-electron chi connectivity index (χ4n) is 1.44. The van der Waals surface area contributed by atoms with Crippen LogP contribution in [0.3, 0.4) is 0 Å². The molecule has 0 fully saturated rings. The molecule has 1 aromatic rings. The van der Waals surface area contributed by atoms with E-state index in [4.69, 9.17) is 4.74 Å². The Hall–Kier alpha value is -0.930. The summed E-state index contributed by atoms with van der Waals surface area (Å²) in [6, 6.07) is 3.78. The van der Waals surface area contributed by atoms with E-state index in [0.717, 1.165) is 17.7 Å². The van der Waals surface area contributed by atoms with Gasteiger partial charge in [-0.15, -0.1) is 0 Å². The van der Waals surface area contributed by atoms with Gasteiger partial charge in [0.05, 0.1) is 5.60 Å². The molecule has 3 nitrogen and oxygen atoms in total. The first-order valence-electron chi connectivity index (χ1n) is 5.19. The number of nitrogens with zero attached hydrogens (tertiary/aromatic N) is 1. The molecule has 0 aliphatic rings. The monoisotopic (exact) mass is 209 g/mol. The van der Waals surface area contributed by atoms with Gasteiger partial charge in [0, 0.05) is 24.6 Å². The Morgan fingerprint density at radius 1 is 1.53 bits per heavy atom. The van der Waals surface area contributed by atoms with Crippen molar-refractivity contribution in [2.75, 3.05) is 7.11 Å². The second kappa shape index (κ2) is 4.73. The minimum Gasteiger partial charge on any atom is -0.385 e. The molecule has 84 valence electrons. The summed E-state index contributed by atoms with van der Waals surface area (Å²) in [6.07, 6.45) is 1.81. The first-order chi connectivity index (χ1) is 7.03. The van der Waals surface area contributed by atoms with Crippen molar-refractivity contribution in [2.45, 2.75) is 38.9 Å². The third-order valence-corrected chi connectivity index (χ3v) is 3.00. The molecular weight excluding hydrogens is 190 g/mol. The number of aliphatic hydroxyl groups is 1. The molecule has 1 heterocycles. The van der Waals surface area contributed by atoms with Gasteiger partial charge in [0.2, 0.25) is 0 Å². The van der Waals surface area contributed by atoms with Crippen LogP contribution in [0.5, 0.6) is 0 Å². The summed E-state index contributed by atoms with van der Waals surface area (Å²) in [4.78, 5) is 4.17. The summed E-state index contributed by atoms with van der Waals surface area (Å²) in [7, 11) is 1.62. The Kier molecular flexibility index (Phi) is 3.83. The van der Waals surface area contributed by atoms with Crippen LogP contribution in [0.2, 0.25) is 0 Å². The topological polar surface area (TPSA) is 42.4 Å². The summed E-state index contributed by atoms with van der Waals surface area (Å²) in [6.45, 7) is 5.82. The molecule has 0 radical (unpaired) electrons. The smallest absolute Gasteiger partial charge is 0.109 e. The van der Waals surface area contributed by atoms with Gasteiger partial charge < -0.3 is 9.84 Å². The van der Waals surface area contributed by atoms with Gasteiger partial charge >= 0.3 is 0 Å². The minimum atomic E-state index is -0.638. The van der Waals surface area contributed by atoms with Crippen molar-refractivity contribution < 1.29 is 9.84 Å². The second-order valence-corrected chi connectivity index (χ2v) is 4.01. The summed E-state index contributed by atoms with van der Waals surface area (Å²) in [5.74, 6) is 0. The Morgan fingerprint density at radius 2 is 2.20 bits per heavy atom. The molecule has 0 spiro atoms. The maximum atomic E-state index is 10.2. The lowest BCUT2D eigenvalue weighted by molar-refractivity contribution is -0.0945. The highest BCUT2D eigenvalue weighted by molar-refractivity contribution is 5.18. The highest BCUT2D eigenvalue weighted by Crippen LogP contribution is 2.30. The average Bonchev–Trinajstić information content (AvgIpc) is 2.28. The number of aryl methyl sites for hydroxylation is 1. The number of rotatable bonds is 4. The van der Waals surface area contributed by atoms with Crippen LogP contribution in [-0.4, -0.2) is 22.8 Å². The number of aromatic nitrogens is 1. The van der Waals surface area contributed by atoms with Crippen LogP contribution in [0.1, 0.15) is 37.6 Å². The van der Waals surface area contributed by atoms with E-state index in [-0.39, 0.29) is 0 Å². The average molecular weight is 209 g/mol. The third kappa shape index (κ3) is 2.55. The second-order valence-electron chi connectivity index (χ2n) is 4.01. The SMILES string of the molecule is CCC(C)(OC)C(O)c1ccc(C)nc1. The molecule has 0 bridgehead atoms. The third-order valence-electron chi connectivity index (χ3n) is 3.00. The first-order valence-corrected chi connectivity index (χ1v) is 5.19.